The number of nitriles is 1. The van der Waals surface area contributed by atoms with Gasteiger partial charge in [-0.2, -0.15) is 5.26 Å². The molecule has 1 aliphatic rings. The molecule has 0 aliphatic carbocycles. The number of hydrogen-bond acceptors (Lipinski definition) is 3. The summed E-state index contributed by atoms with van der Waals surface area (Å²) in [5.41, 5.74) is 2.35. The molecule has 1 aromatic carbocycles. The van der Waals surface area contributed by atoms with Crippen LogP contribution in [0, 0.1) is 11.3 Å². The first-order valence-electron chi connectivity index (χ1n) is 4.77. The minimum atomic E-state index is 0.532. The molecule has 0 amide bonds. The maximum Gasteiger partial charge on any atom is 0.124 e. The van der Waals surface area contributed by atoms with Gasteiger partial charge in [-0.1, -0.05) is 6.07 Å². The van der Waals surface area contributed by atoms with Crippen molar-refractivity contribution in [1.29, 1.82) is 5.26 Å². The van der Waals surface area contributed by atoms with Crippen molar-refractivity contribution in [3.63, 3.8) is 0 Å². The number of rotatable bonds is 3. The Labute approximate surface area is 83.3 Å². The maximum atomic E-state index is 8.42. The van der Waals surface area contributed by atoms with E-state index in [1.54, 1.807) is 0 Å². The lowest BCUT2D eigenvalue weighted by Crippen LogP contribution is -2.02. The third kappa shape index (κ3) is 1.64. The number of nitrogens with one attached hydrogen (secondary N) is 1. The van der Waals surface area contributed by atoms with Gasteiger partial charge in [-0.25, -0.2) is 0 Å². The lowest BCUT2D eigenvalue weighted by atomic mass is 10.1. The lowest BCUT2D eigenvalue weighted by Gasteiger charge is -2.07. The predicted molar refractivity (Wildman–Crippen MR) is 54.4 cm³/mol. The van der Waals surface area contributed by atoms with E-state index in [9.17, 15) is 0 Å². The Balaban J connectivity index is 2.11. The van der Waals surface area contributed by atoms with E-state index in [4.69, 9.17) is 10.00 Å². The summed E-state index contributed by atoms with van der Waals surface area (Å²) in [5, 5.41) is 11.7. The van der Waals surface area contributed by atoms with E-state index in [2.05, 4.69) is 11.4 Å². The zero-order valence-electron chi connectivity index (χ0n) is 7.92. The van der Waals surface area contributed by atoms with E-state index < -0.39 is 0 Å². The molecule has 1 N–H and O–H groups in total. The first kappa shape index (κ1) is 8.89. The summed E-state index contributed by atoms with van der Waals surface area (Å²) in [5.74, 6) is 0.979. The highest BCUT2D eigenvalue weighted by molar-refractivity contribution is 5.59. The zero-order valence-corrected chi connectivity index (χ0v) is 7.92. The quantitative estimate of drug-likeness (QED) is 0.737. The molecule has 14 heavy (non-hydrogen) atoms. The van der Waals surface area contributed by atoms with Crippen LogP contribution in [0.2, 0.25) is 0 Å². The van der Waals surface area contributed by atoms with Gasteiger partial charge < -0.3 is 10.1 Å². The van der Waals surface area contributed by atoms with Gasteiger partial charge in [-0.05, 0) is 12.1 Å². The van der Waals surface area contributed by atoms with E-state index >= 15 is 0 Å². The van der Waals surface area contributed by atoms with Gasteiger partial charge in [0.05, 0.1) is 19.1 Å². The van der Waals surface area contributed by atoms with E-state index in [-0.39, 0.29) is 0 Å². The first-order chi connectivity index (χ1) is 6.92. The molecule has 0 saturated carbocycles. The highest BCUT2D eigenvalue weighted by Crippen LogP contribution is 2.31. The average Bonchev–Trinajstić information content (AvgIpc) is 2.67. The van der Waals surface area contributed by atoms with Gasteiger partial charge in [0.1, 0.15) is 5.75 Å². The minimum absolute atomic E-state index is 0.532. The van der Waals surface area contributed by atoms with Crippen molar-refractivity contribution in [2.24, 2.45) is 0 Å². The van der Waals surface area contributed by atoms with Crippen molar-refractivity contribution < 1.29 is 4.74 Å². The lowest BCUT2D eigenvalue weighted by molar-refractivity contribution is 0.357. The number of benzene rings is 1. The Bertz CT molecular complexity index is 368. The Hall–Kier alpha value is -1.69. The zero-order chi connectivity index (χ0) is 9.80. The van der Waals surface area contributed by atoms with Crippen LogP contribution in [-0.4, -0.2) is 13.2 Å². The molecule has 0 aromatic heterocycles. The molecule has 2 rings (SSSR count). The summed E-state index contributed by atoms with van der Waals surface area (Å²) in [6.07, 6.45) is 1.50. The van der Waals surface area contributed by atoms with Gasteiger partial charge in [0.15, 0.2) is 0 Å². The normalized spacial score (nSPS) is 12.8. The van der Waals surface area contributed by atoms with Crippen LogP contribution in [0.5, 0.6) is 5.75 Å². The fourth-order valence-corrected chi connectivity index (χ4v) is 1.64. The summed E-state index contributed by atoms with van der Waals surface area (Å²) < 4.78 is 5.44. The molecule has 0 saturated heterocycles. The predicted octanol–water partition coefficient (Wildman–Crippen LogP) is 1.95. The Morgan fingerprint density at radius 1 is 1.50 bits per heavy atom. The van der Waals surface area contributed by atoms with E-state index in [1.165, 1.54) is 5.56 Å². The van der Waals surface area contributed by atoms with E-state index in [0.29, 0.717) is 13.0 Å². The van der Waals surface area contributed by atoms with E-state index in [0.717, 1.165) is 24.5 Å². The fourth-order valence-electron chi connectivity index (χ4n) is 1.64. The fraction of sp³-hybridized carbons (Fsp3) is 0.364. The molecular formula is C11H12N2O. The van der Waals surface area contributed by atoms with Crippen molar-refractivity contribution in [2.75, 3.05) is 18.5 Å². The number of hydrogen-bond donors (Lipinski definition) is 1. The van der Waals surface area contributed by atoms with Crippen molar-refractivity contribution in [3.05, 3.63) is 23.8 Å². The summed E-state index contributed by atoms with van der Waals surface area (Å²) in [6.45, 7) is 1.47. The van der Waals surface area contributed by atoms with Gasteiger partial charge in [0, 0.05) is 24.2 Å². The highest BCUT2D eigenvalue weighted by Gasteiger charge is 2.14. The number of fused-ring (bicyclic) bond motifs is 1. The van der Waals surface area contributed by atoms with Gasteiger partial charge >= 0.3 is 0 Å². The molecule has 1 aromatic rings. The van der Waals surface area contributed by atoms with Crippen molar-refractivity contribution in [3.8, 4) is 11.8 Å². The highest BCUT2D eigenvalue weighted by atomic mass is 16.5. The molecule has 0 spiro atoms. The molecule has 3 nitrogen and oxygen atoms in total. The molecule has 0 atom stereocenters. The van der Waals surface area contributed by atoms with Crippen molar-refractivity contribution in [1.82, 2.24) is 0 Å². The minimum Gasteiger partial charge on any atom is -0.493 e. The summed E-state index contributed by atoms with van der Waals surface area (Å²) in [4.78, 5) is 0. The molecule has 0 fully saturated rings. The summed E-state index contributed by atoms with van der Waals surface area (Å²) >= 11 is 0. The second-order valence-electron chi connectivity index (χ2n) is 3.22. The molecule has 0 radical (unpaired) electrons. The molecule has 0 unspecified atom stereocenters. The van der Waals surface area contributed by atoms with E-state index in [1.807, 2.05) is 18.2 Å². The number of ether oxygens (including phenoxy) is 1. The molecule has 72 valence electrons. The third-order valence-corrected chi connectivity index (χ3v) is 2.29. The Morgan fingerprint density at radius 3 is 3.29 bits per heavy atom. The van der Waals surface area contributed by atoms with Crippen LogP contribution in [-0.2, 0) is 6.42 Å². The van der Waals surface area contributed by atoms with Crippen LogP contribution in [0.15, 0.2) is 18.2 Å². The second kappa shape index (κ2) is 4.01. The van der Waals surface area contributed by atoms with Crippen LogP contribution >= 0.6 is 0 Å². The summed E-state index contributed by atoms with van der Waals surface area (Å²) in [7, 11) is 0. The smallest absolute Gasteiger partial charge is 0.124 e. The molecule has 1 aliphatic heterocycles. The van der Waals surface area contributed by atoms with Crippen LogP contribution < -0.4 is 10.1 Å². The largest absolute Gasteiger partial charge is 0.493 e. The molecule has 1 heterocycles. The maximum absolute atomic E-state index is 8.42. The van der Waals surface area contributed by atoms with Crippen LogP contribution in [0.4, 0.5) is 5.69 Å². The van der Waals surface area contributed by atoms with Crippen LogP contribution in [0.1, 0.15) is 12.0 Å². The van der Waals surface area contributed by atoms with Crippen molar-refractivity contribution in [2.45, 2.75) is 12.8 Å². The molecule has 0 bridgehead atoms. The topological polar surface area (TPSA) is 45.0 Å². The Kier molecular flexibility index (Phi) is 2.55. The van der Waals surface area contributed by atoms with Gasteiger partial charge in [0.2, 0.25) is 0 Å². The molecule has 3 heteroatoms. The monoisotopic (exact) mass is 188 g/mol. The molecular weight excluding hydrogens is 176 g/mol. The Morgan fingerprint density at radius 2 is 2.43 bits per heavy atom. The summed E-state index contributed by atoms with van der Waals surface area (Å²) in [6, 6.07) is 8.10. The van der Waals surface area contributed by atoms with Gasteiger partial charge in [0.25, 0.3) is 0 Å². The average molecular weight is 188 g/mol. The third-order valence-electron chi connectivity index (χ3n) is 2.29. The van der Waals surface area contributed by atoms with Crippen LogP contribution in [0.3, 0.4) is 0 Å². The SMILES string of the molecule is N#CCCNc1cccc2c1CCO2. The van der Waals surface area contributed by atoms with Crippen molar-refractivity contribution >= 4 is 5.69 Å². The van der Waals surface area contributed by atoms with Crippen LogP contribution in [0.25, 0.3) is 0 Å². The number of nitrogens with zero attached hydrogens (tertiary/aromatic N) is 1. The standard InChI is InChI=1S/C11H12N2O/c12-6-2-7-13-10-3-1-4-11-9(10)5-8-14-11/h1,3-4,13H,2,5,7-8H2. The second-order valence-corrected chi connectivity index (χ2v) is 3.22. The van der Waals surface area contributed by atoms with Gasteiger partial charge in [-0.15, -0.1) is 0 Å². The first-order valence-corrected chi connectivity index (χ1v) is 4.77. The van der Waals surface area contributed by atoms with Gasteiger partial charge in [-0.3, -0.25) is 0 Å². The number of anilines is 1.